The van der Waals surface area contributed by atoms with Gasteiger partial charge in [-0.25, -0.2) is 13.4 Å². The van der Waals surface area contributed by atoms with E-state index in [-0.39, 0.29) is 29.8 Å². The van der Waals surface area contributed by atoms with E-state index < -0.39 is 9.84 Å². The molecule has 0 aromatic carbocycles. The smallest absolute Gasteiger partial charge is 0.226 e. The van der Waals surface area contributed by atoms with E-state index in [4.69, 9.17) is 0 Å². The Morgan fingerprint density at radius 2 is 2.40 bits per heavy atom. The summed E-state index contributed by atoms with van der Waals surface area (Å²) in [4.78, 5) is 16.2. The summed E-state index contributed by atoms with van der Waals surface area (Å²) in [5, 5.41) is 4.71. The number of thiazole rings is 1. The highest BCUT2D eigenvalue weighted by atomic mass is 32.2. The first kappa shape index (κ1) is 15.8. The molecule has 1 N–H and O–H groups in total. The third kappa shape index (κ3) is 4.75. The minimum atomic E-state index is -2.87. The van der Waals surface area contributed by atoms with Crippen LogP contribution in [-0.2, 0) is 21.1 Å². The number of sulfone groups is 1. The zero-order valence-electron chi connectivity index (χ0n) is 11.3. The Morgan fingerprint density at radius 3 is 3.05 bits per heavy atom. The number of carbonyl (C=O) groups is 1. The molecule has 20 heavy (non-hydrogen) atoms. The van der Waals surface area contributed by atoms with Crippen molar-refractivity contribution in [1.82, 2.24) is 10.3 Å². The average Bonchev–Trinajstić information content (AvgIpc) is 2.94. The van der Waals surface area contributed by atoms with Gasteiger partial charge in [0.15, 0.2) is 9.84 Å². The monoisotopic (exact) mass is 334 g/mol. The van der Waals surface area contributed by atoms with Crippen LogP contribution in [0.25, 0.3) is 0 Å². The molecule has 1 atom stereocenters. The number of rotatable bonds is 6. The van der Waals surface area contributed by atoms with Crippen molar-refractivity contribution in [3.63, 3.8) is 0 Å². The lowest BCUT2D eigenvalue weighted by atomic mass is 10.1. The van der Waals surface area contributed by atoms with Crippen LogP contribution in [0.15, 0.2) is 9.72 Å². The Labute approximate surface area is 127 Å². The molecule has 1 fully saturated rings. The SMILES string of the molecule is CCSc1nc(CC(=O)NC[C@@H]2CCS(=O)(=O)C2)cs1. The van der Waals surface area contributed by atoms with Gasteiger partial charge in [0.05, 0.1) is 23.6 Å². The zero-order chi connectivity index (χ0) is 14.6. The molecule has 5 nitrogen and oxygen atoms in total. The normalized spacial score (nSPS) is 20.9. The lowest BCUT2D eigenvalue weighted by Gasteiger charge is -2.08. The van der Waals surface area contributed by atoms with E-state index in [9.17, 15) is 13.2 Å². The Kier molecular flexibility index (Phi) is 5.45. The third-order valence-electron chi connectivity index (χ3n) is 3.05. The minimum absolute atomic E-state index is 0.0607. The summed E-state index contributed by atoms with van der Waals surface area (Å²) in [6, 6.07) is 0. The summed E-state index contributed by atoms with van der Waals surface area (Å²) in [5.74, 6) is 1.38. The lowest BCUT2D eigenvalue weighted by Crippen LogP contribution is -2.31. The maximum atomic E-state index is 11.8. The van der Waals surface area contributed by atoms with E-state index in [0.717, 1.165) is 15.8 Å². The molecule has 1 aliphatic rings. The van der Waals surface area contributed by atoms with Gasteiger partial charge in [0.25, 0.3) is 0 Å². The molecule has 1 saturated heterocycles. The minimum Gasteiger partial charge on any atom is -0.355 e. The number of amides is 1. The molecule has 0 saturated carbocycles. The molecule has 112 valence electrons. The van der Waals surface area contributed by atoms with Gasteiger partial charge < -0.3 is 5.32 Å². The van der Waals surface area contributed by atoms with Crippen molar-refractivity contribution in [2.24, 2.45) is 5.92 Å². The molecule has 0 aliphatic carbocycles. The number of thioether (sulfide) groups is 1. The molecule has 8 heteroatoms. The number of nitrogens with one attached hydrogen (secondary N) is 1. The molecule has 1 aliphatic heterocycles. The quantitative estimate of drug-likeness (QED) is 0.795. The molecule has 0 unspecified atom stereocenters. The lowest BCUT2D eigenvalue weighted by molar-refractivity contribution is -0.120. The number of hydrogen-bond acceptors (Lipinski definition) is 6. The van der Waals surface area contributed by atoms with Gasteiger partial charge in [-0.3, -0.25) is 4.79 Å². The zero-order valence-corrected chi connectivity index (χ0v) is 13.7. The van der Waals surface area contributed by atoms with Crippen molar-refractivity contribution in [1.29, 1.82) is 0 Å². The number of carbonyl (C=O) groups excluding carboxylic acids is 1. The van der Waals surface area contributed by atoms with Crippen LogP contribution in [0.2, 0.25) is 0 Å². The standard InChI is InChI=1S/C12H18N2O3S3/c1-2-18-12-14-10(7-19-12)5-11(15)13-6-9-3-4-20(16,17)8-9/h7,9H,2-6,8H2,1H3,(H,13,15)/t9-/m0/s1. The third-order valence-corrected chi connectivity index (χ3v) is 6.84. The number of aromatic nitrogens is 1. The van der Waals surface area contributed by atoms with Gasteiger partial charge in [-0.1, -0.05) is 18.7 Å². The summed E-state index contributed by atoms with van der Waals surface area (Å²) >= 11 is 3.22. The second-order valence-electron chi connectivity index (χ2n) is 4.79. The fraction of sp³-hybridized carbons (Fsp3) is 0.667. The molecular formula is C12H18N2O3S3. The highest BCUT2D eigenvalue weighted by Gasteiger charge is 2.27. The molecule has 2 rings (SSSR count). The van der Waals surface area contributed by atoms with Gasteiger partial charge in [0.2, 0.25) is 5.91 Å². The highest BCUT2D eigenvalue weighted by Crippen LogP contribution is 2.22. The Balaban J connectivity index is 1.75. The van der Waals surface area contributed by atoms with Gasteiger partial charge in [-0.05, 0) is 18.1 Å². The number of nitrogens with zero attached hydrogens (tertiary/aromatic N) is 1. The first-order valence-electron chi connectivity index (χ1n) is 6.53. The van der Waals surface area contributed by atoms with Crippen LogP contribution in [0.3, 0.4) is 0 Å². The highest BCUT2D eigenvalue weighted by molar-refractivity contribution is 8.00. The molecule has 0 spiro atoms. The maximum absolute atomic E-state index is 11.8. The summed E-state index contributed by atoms with van der Waals surface area (Å²) in [7, 11) is -2.87. The predicted molar refractivity (Wildman–Crippen MR) is 82.0 cm³/mol. The van der Waals surface area contributed by atoms with Crippen LogP contribution >= 0.6 is 23.1 Å². The van der Waals surface area contributed by atoms with Crippen LogP contribution in [0.1, 0.15) is 19.0 Å². The van der Waals surface area contributed by atoms with Gasteiger partial charge in [-0.15, -0.1) is 11.3 Å². The van der Waals surface area contributed by atoms with Crippen molar-refractivity contribution in [2.75, 3.05) is 23.8 Å². The van der Waals surface area contributed by atoms with E-state index in [1.807, 2.05) is 5.38 Å². The maximum Gasteiger partial charge on any atom is 0.226 e. The van der Waals surface area contributed by atoms with Crippen molar-refractivity contribution >= 4 is 38.8 Å². The molecule has 2 heterocycles. The van der Waals surface area contributed by atoms with E-state index in [1.165, 1.54) is 0 Å². The Morgan fingerprint density at radius 1 is 1.60 bits per heavy atom. The predicted octanol–water partition coefficient (Wildman–Crippen LogP) is 1.35. The Bertz CT molecular complexity index is 568. The molecule has 1 aromatic heterocycles. The molecule has 0 bridgehead atoms. The first-order chi connectivity index (χ1) is 9.48. The van der Waals surface area contributed by atoms with Crippen molar-refractivity contribution in [3.8, 4) is 0 Å². The molecule has 0 radical (unpaired) electrons. The van der Waals surface area contributed by atoms with Gasteiger partial charge in [0.1, 0.15) is 4.34 Å². The van der Waals surface area contributed by atoms with E-state index in [2.05, 4.69) is 17.2 Å². The average molecular weight is 334 g/mol. The molecular weight excluding hydrogens is 316 g/mol. The van der Waals surface area contributed by atoms with Gasteiger partial charge in [-0.2, -0.15) is 0 Å². The second-order valence-corrected chi connectivity index (χ2v) is 9.39. The molecule has 1 aromatic rings. The van der Waals surface area contributed by atoms with Crippen LogP contribution < -0.4 is 5.32 Å². The second kappa shape index (κ2) is 6.91. The van der Waals surface area contributed by atoms with Crippen molar-refractivity contribution in [3.05, 3.63) is 11.1 Å². The summed E-state index contributed by atoms with van der Waals surface area (Å²) in [5.41, 5.74) is 0.780. The van der Waals surface area contributed by atoms with Gasteiger partial charge >= 0.3 is 0 Å². The van der Waals surface area contributed by atoms with Crippen LogP contribution in [0.4, 0.5) is 0 Å². The van der Waals surface area contributed by atoms with Crippen LogP contribution in [0, 0.1) is 5.92 Å². The van der Waals surface area contributed by atoms with E-state index in [0.29, 0.717) is 13.0 Å². The summed E-state index contributed by atoms with van der Waals surface area (Å²) in [6.45, 7) is 2.51. The Hall–Kier alpha value is -0.600. The first-order valence-corrected chi connectivity index (χ1v) is 10.2. The van der Waals surface area contributed by atoms with Gasteiger partial charge in [0, 0.05) is 11.9 Å². The number of hydrogen-bond donors (Lipinski definition) is 1. The van der Waals surface area contributed by atoms with E-state index in [1.54, 1.807) is 23.1 Å². The summed E-state index contributed by atoms with van der Waals surface area (Å²) < 4.78 is 23.6. The van der Waals surface area contributed by atoms with Crippen molar-refractivity contribution in [2.45, 2.75) is 24.1 Å². The fourth-order valence-corrected chi connectivity index (χ4v) is 5.68. The van der Waals surface area contributed by atoms with Crippen LogP contribution in [-0.4, -0.2) is 43.1 Å². The van der Waals surface area contributed by atoms with Crippen molar-refractivity contribution < 1.29 is 13.2 Å². The summed E-state index contributed by atoms with van der Waals surface area (Å²) in [6.07, 6.45) is 0.914. The fourth-order valence-electron chi connectivity index (χ4n) is 2.08. The van der Waals surface area contributed by atoms with E-state index >= 15 is 0 Å². The molecule has 1 amide bonds. The largest absolute Gasteiger partial charge is 0.355 e. The topological polar surface area (TPSA) is 76.1 Å². The van der Waals surface area contributed by atoms with Crippen LogP contribution in [0.5, 0.6) is 0 Å².